The first-order valence-electron chi connectivity index (χ1n) is 9.85. The smallest absolute Gasteiger partial charge is 0.243 e. The molecule has 152 valence electrons. The molecule has 0 atom stereocenters. The molecule has 1 aromatic heterocycles. The monoisotopic (exact) mass is 422 g/mol. The second-order valence-corrected chi connectivity index (χ2v) is 9.31. The highest BCUT2D eigenvalue weighted by Crippen LogP contribution is 2.21. The minimum Gasteiger partial charge on any atom is -0.370 e. The van der Waals surface area contributed by atoms with E-state index in [2.05, 4.69) is 15.3 Å². The largest absolute Gasteiger partial charge is 0.370 e. The lowest BCUT2D eigenvalue weighted by Gasteiger charge is -2.20. The van der Waals surface area contributed by atoms with Crippen molar-refractivity contribution in [3.8, 4) is 0 Å². The molecular formula is C20H27ClN4O2S. The Morgan fingerprint density at radius 1 is 1.07 bits per heavy atom. The first-order valence-corrected chi connectivity index (χ1v) is 11.7. The Morgan fingerprint density at radius 3 is 2.39 bits per heavy atom. The minimum atomic E-state index is -3.39. The molecule has 1 saturated heterocycles. The fourth-order valence-corrected chi connectivity index (χ4v) is 5.03. The number of nitrogens with one attached hydrogen (secondary N) is 1. The van der Waals surface area contributed by atoms with Crippen LogP contribution in [0.5, 0.6) is 0 Å². The van der Waals surface area contributed by atoms with Gasteiger partial charge in [0.1, 0.15) is 16.8 Å². The van der Waals surface area contributed by atoms with E-state index in [1.807, 2.05) is 19.1 Å². The first kappa shape index (κ1) is 21.0. The Kier molecular flexibility index (Phi) is 7.26. The zero-order valence-corrected chi connectivity index (χ0v) is 17.8. The molecule has 0 bridgehead atoms. The van der Waals surface area contributed by atoms with E-state index in [1.54, 1.807) is 22.5 Å². The number of benzene rings is 1. The topological polar surface area (TPSA) is 75.2 Å². The van der Waals surface area contributed by atoms with Gasteiger partial charge in [-0.05, 0) is 37.0 Å². The zero-order valence-electron chi connectivity index (χ0n) is 16.2. The number of nitrogens with zero attached hydrogens (tertiary/aromatic N) is 3. The third kappa shape index (κ3) is 5.43. The summed E-state index contributed by atoms with van der Waals surface area (Å²) in [6.07, 6.45) is 5.57. The molecule has 1 N–H and O–H groups in total. The van der Waals surface area contributed by atoms with Gasteiger partial charge in [-0.3, -0.25) is 0 Å². The zero-order chi connectivity index (χ0) is 20.0. The lowest BCUT2D eigenvalue weighted by Crippen LogP contribution is -2.31. The summed E-state index contributed by atoms with van der Waals surface area (Å²) in [5.74, 6) is 1.41. The molecule has 1 aliphatic rings. The molecule has 1 fully saturated rings. The number of aryl methyl sites for hydroxylation is 1. The molecular weight excluding hydrogens is 396 g/mol. The van der Waals surface area contributed by atoms with Crippen LogP contribution in [0.1, 0.15) is 44.0 Å². The average Bonchev–Trinajstić information content (AvgIpc) is 2.98. The highest BCUT2D eigenvalue weighted by atomic mass is 35.5. The van der Waals surface area contributed by atoms with E-state index in [0.29, 0.717) is 41.3 Å². The van der Waals surface area contributed by atoms with E-state index in [-0.39, 0.29) is 0 Å². The molecule has 0 radical (unpaired) electrons. The van der Waals surface area contributed by atoms with Crippen molar-refractivity contribution in [2.45, 2.75) is 50.3 Å². The van der Waals surface area contributed by atoms with E-state index in [4.69, 9.17) is 11.6 Å². The summed E-state index contributed by atoms with van der Waals surface area (Å²) >= 11 is 6.01. The van der Waals surface area contributed by atoms with Gasteiger partial charge in [-0.25, -0.2) is 18.4 Å². The summed E-state index contributed by atoms with van der Waals surface area (Å²) in [7, 11) is -3.39. The van der Waals surface area contributed by atoms with Crippen LogP contribution in [0, 0.1) is 0 Å². The number of aromatic nitrogens is 2. The van der Waals surface area contributed by atoms with Gasteiger partial charge in [-0.2, -0.15) is 4.31 Å². The number of halogens is 1. The van der Waals surface area contributed by atoms with Crippen molar-refractivity contribution in [2.24, 2.45) is 0 Å². The van der Waals surface area contributed by atoms with Gasteiger partial charge in [0.15, 0.2) is 0 Å². The van der Waals surface area contributed by atoms with E-state index < -0.39 is 10.0 Å². The second kappa shape index (κ2) is 9.67. The Hall–Kier alpha value is -1.70. The number of anilines is 1. The highest BCUT2D eigenvalue weighted by Gasteiger charge is 2.24. The molecule has 28 heavy (non-hydrogen) atoms. The van der Waals surface area contributed by atoms with Crippen LogP contribution < -0.4 is 5.32 Å². The summed E-state index contributed by atoms with van der Waals surface area (Å²) in [4.78, 5) is 8.92. The van der Waals surface area contributed by atoms with Gasteiger partial charge in [0.05, 0.1) is 4.90 Å². The Morgan fingerprint density at radius 2 is 1.75 bits per heavy atom. The van der Waals surface area contributed by atoms with E-state index >= 15 is 0 Å². The average molecular weight is 423 g/mol. The summed E-state index contributed by atoms with van der Waals surface area (Å²) in [6, 6.07) is 8.91. The van der Waals surface area contributed by atoms with Crippen LogP contribution in [0.4, 0.5) is 5.82 Å². The molecule has 1 aromatic carbocycles. The van der Waals surface area contributed by atoms with Crippen LogP contribution in [0.2, 0.25) is 5.15 Å². The molecule has 0 amide bonds. The normalized spacial score (nSPS) is 15.9. The quantitative estimate of drug-likeness (QED) is 0.684. The summed E-state index contributed by atoms with van der Waals surface area (Å²) in [5, 5.41) is 3.68. The van der Waals surface area contributed by atoms with Crippen LogP contribution in [-0.2, 0) is 22.9 Å². The Balaban J connectivity index is 1.59. The maximum absolute atomic E-state index is 12.8. The van der Waals surface area contributed by atoms with E-state index in [1.165, 1.54) is 0 Å². The van der Waals surface area contributed by atoms with Crippen molar-refractivity contribution in [1.82, 2.24) is 14.3 Å². The van der Waals surface area contributed by atoms with Crippen molar-refractivity contribution in [3.05, 3.63) is 46.9 Å². The predicted molar refractivity (Wildman–Crippen MR) is 112 cm³/mol. The lowest BCUT2D eigenvalue weighted by atomic mass is 10.1. The standard InChI is InChI=1S/C20H27ClN4O2S/c1-2-19-23-18(21)15-20(24-19)22-12-11-16-7-9-17(10-8-16)28(26,27)25-13-5-3-4-6-14-25/h7-10,15H,2-6,11-14H2,1H3,(H,22,23,24). The van der Waals surface area contributed by atoms with Crippen LogP contribution in [-0.4, -0.2) is 42.3 Å². The van der Waals surface area contributed by atoms with Crippen LogP contribution in [0.3, 0.4) is 0 Å². The second-order valence-electron chi connectivity index (χ2n) is 6.98. The third-order valence-corrected chi connectivity index (χ3v) is 7.01. The van der Waals surface area contributed by atoms with Crippen molar-refractivity contribution in [1.29, 1.82) is 0 Å². The van der Waals surface area contributed by atoms with E-state index in [0.717, 1.165) is 44.1 Å². The van der Waals surface area contributed by atoms with Crippen molar-refractivity contribution in [3.63, 3.8) is 0 Å². The molecule has 3 rings (SSSR count). The van der Waals surface area contributed by atoms with Gasteiger partial charge in [-0.15, -0.1) is 0 Å². The Labute approximate surface area is 172 Å². The molecule has 8 heteroatoms. The maximum Gasteiger partial charge on any atom is 0.243 e. The number of sulfonamides is 1. The summed E-state index contributed by atoms with van der Waals surface area (Å²) in [6.45, 7) is 3.90. The molecule has 2 heterocycles. The fraction of sp³-hybridized carbons (Fsp3) is 0.500. The number of hydrogen-bond acceptors (Lipinski definition) is 5. The van der Waals surface area contributed by atoms with Crippen molar-refractivity contribution >= 4 is 27.4 Å². The van der Waals surface area contributed by atoms with Gasteiger partial charge < -0.3 is 5.32 Å². The van der Waals surface area contributed by atoms with Crippen molar-refractivity contribution in [2.75, 3.05) is 25.0 Å². The molecule has 1 aliphatic heterocycles. The minimum absolute atomic E-state index is 0.376. The molecule has 6 nitrogen and oxygen atoms in total. The SMILES string of the molecule is CCc1nc(Cl)cc(NCCc2ccc(S(=O)(=O)N3CCCCCC3)cc2)n1. The fourth-order valence-electron chi connectivity index (χ4n) is 3.31. The molecule has 0 unspecified atom stereocenters. The number of rotatable bonds is 7. The summed E-state index contributed by atoms with van der Waals surface area (Å²) in [5.41, 5.74) is 1.07. The predicted octanol–water partition coefficient (Wildman–Crippen LogP) is 3.91. The summed E-state index contributed by atoms with van der Waals surface area (Å²) < 4.78 is 27.3. The Bertz CT molecular complexity index is 880. The number of hydrogen-bond donors (Lipinski definition) is 1. The lowest BCUT2D eigenvalue weighted by molar-refractivity contribution is 0.423. The maximum atomic E-state index is 12.8. The van der Waals surface area contributed by atoms with Gasteiger partial charge in [-0.1, -0.05) is 43.5 Å². The van der Waals surface area contributed by atoms with Gasteiger partial charge in [0, 0.05) is 32.1 Å². The van der Waals surface area contributed by atoms with Gasteiger partial charge in [0.2, 0.25) is 10.0 Å². The van der Waals surface area contributed by atoms with Crippen LogP contribution >= 0.6 is 11.6 Å². The van der Waals surface area contributed by atoms with Crippen LogP contribution in [0.25, 0.3) is 0 Å². The molecule has 0 saturated carbocycles. The van der Waals surface area contributed by atoms with Crippen LogP contribution in [0.15, 0.2) is 35.2 Å². The van der Waals surface area contributed by atoms with Crippen molar-refractivity contribution < 1.29 is 8.42 Å². The molecule has 2 aromatic rings. The molecule has 0 spiro atoms. The van der Waals surface area contributed by atoms with Gasteiger partial charge in [0.25, 0.3) is 0 Å². The first-order chi connectivity index (χ1) is 13.5. The third-order valence-electron chi connectivity index (χ3n) is 4.90. The molecule has 0 aliphatic carbocycles. The van der Waals surface area contributed by atoms with Gasteiger partial charge >= 0.3 is 0 Å². The highest BCUT2D eigenvalue weighted by molar-refractivity contribution is 7.89. The van der Waals surface area contributed by atoms with E-state index in [9.17, 15) is 8.42 Å².